The van der Waals surface area contributed by atoms with Crippen LogP contribution in [-0.4, -0.2) is 42.5 Å². The van der Waals surface area contributed by atoms with Crippen LogP contribution in [0.1, 0.15) is 32.6 Å². The normalized spacial score (nSPS) is 30.8. The van der Waals surface area contributed by atoms with Gasteiger partial charge in [0.05, 0.1) is 6.04 Å². The van der Waals surface area contributed by atoms with Gasteiger partial charge in [-0.1, -0.05) is 0 Å². The molecule has 0 aliphatic carbocycles. The summed E-state index contributed by atoms with van der Waals surface area (Å²) in [7, 11) is 0. The minimum Gasteiger partial charge on any atom is -0.381 e. The summed E-state index contributed by atoms with van der Waals surface area (Å²) in [6.07, 6.45) is 4.45. The number of carbonyl (C=O) groups excluding carboxylic acids is 1. The van der Waals surface area contributed by atoms with Gasteiger partial charge in [-0.05, 0) is 39.2 Å². The van der Waals surface area contributed by atoms with Gasteiger partial charge in [-0.15, -0.1) is 0 Å². The Labute approximate surface area is 85.4 Å². The van der Waals surface area contributed by atoms with Crippen LogP contribution >= 0.6 is 0 Å². The first-order valence-electron chi connectivity index (χ1n) is 5.63. The van der Waals surface area contributed by atoms with E-state index in [1.807, 2.05) is 0 Å². The van der Waals surface area contributed by atoms with E-state index >= 15 is 0 Å². The first-order chi connectivity index (χ1) is 6.79. The molecule has 2 aliphatic rings. The van der Waals surface area contributed by atoms with Crippen LogP contribution in [0.4, 0.5) is 0 Å². The van der Waals surface area contributed by atoms with Crippen molar-refractivity contribution in [3.05, 3.63) is 0 Å². The second-order valence-electron chi connectivity index (χ2n) is 4.35. The highest BCUT2D eigenvalue weighted by Crippen LogP contribution is 2.25. The van der Waals surface area contributed by atoms with Gasteiger partial charge in [0.15, 0.2) is 0 Å². The van der Waals surface area contributed by atoms with Gasteiger partial charge in [0.2, 0.25) is 0 Å². The van der Waals surface area contributed by atoms with E-state index in [1.165, 1.54) is 6.42 Å². The predicted octanol–water partition coefficient (Wildman–Crippen LogP) is 1.22. The van der Waals surface area contributed by atoms with Crippen molar-refractivity contribution in [2.75, 3.05) is 19.8 Å². The molecule has 2 saturated heterocycles. The summed E-state index contributed by atoms with van der Waals surface area (Å²) in [6, 6.07) is 0.804. The summed E-state index contributed by atoms with van der Waals surface area (Å²) in [5.41, 5.74) is 0. The molecule has 14 heavy (non-hydrogen) atoms. The van der Waals surface area contributed by atoms with E-state index in [2.05, 4.69) is 4.90 Å². The second-order valence-corrected chi connectivity index (χ2v) is 4.35. The van der Waals surface area contributed by atoms with Crippen molar-refractivity contribution in [2.24, 2.45) is 0 Å². The lowest BCUT2D eigenvalue weighted by Crippen LogP contribution is -2.45. The van der Waals surface area contributed by atoms with Gasteiger partial charge in [0.1, 0.15) is 5.78 Å². The van der Waals surface area contributed by atoms with E-state index in [4.69, 9.17) is 4.74 Å². The zero-order chi connectivity index (χ0) is 9.97. The lowest BCUT2D eigenvalue weighted by molar-refractivity contribution is -0.122. The molecule has 3 nitrogen and oxygen atoms in total. The monoisotopic (exact) mass is 197 g/mol. The van der Waals surface area contributed by atoms with Gasteiger partial charge in [0, 0.05) is 19.3 Å². The van der Waals surface area contributed by atoms with Crippen LogP contribution in [-0.2, 0) is 9.53 Å². The molecule has 0 aromatic rings. The van der Waals surface area contributed by atoms with Crippen LogP contribution < -0.4 is 0 Å². The highest BCUT2D eigenvalue weighted by Gasteiger charge is 2.33. The fourth-order valence-electron chi connectivity index (χ4n) is 2.68. The van der Waals surface area contributed by atoms with Crippen molar-refractivity contribution in [2.45, 2.75) is 44.7 Å². The molecule has 0 unspecified atom stereocenters. The van der Waals surface area contributed by atoms with Crippen LogP contribution in [0.3, 0.4) is 0 Å². The van der Waals surface area contributed by atoms with Crippen molar-refractivity contribution in [3.8, 4) is 0 Å². The molecule has 2 fully saturated rings. The molecule has 2 aliphatic heterocycles. The zero-order valence-corrected chi connectivity index (χ0v) is 8.87. The van der Waals surface area contributed by atoms with Crippen LogP contribution in [0.15, 0.2) is 0 Å². The third-order valence-corrected chi connectivity index (χ3v) is 3.42. The molecule has 0 radical (unpaired) electrons. The number of Topliss-reactive ketones (excluding diaryl/α,β-unsaturated/α-hetero) is 1. The predicted molar refractivity (Wildman–Crippen MR) is 54.3 cm³/mol. The van der Waals surface area contributed by atoms with Gasteiger partial charge in [-0.25, -0.2) is 0 Å². The molecule has 2 heterocycles. The Morgan fingerprint density at radius 3 is 2.64 bits per heavy atom. The highest BCUT2D eigenvalue weighted by atomic mass is 16.5. The smallest absolute Gasteiger partial charge is 0.146 e. The maximum atomic E-state index is 11.4. The topological polar surface area (TPSA) is 29.5 Å². The summed E-state index contributed by atoms with van der Waals surface area (Å²) in [5, 5.41) is 0. The largest absolute Gasteiger partial charge is 0.381 e. The number of carbonyl (C=O) groups is 1. The number of rotatable bonds is 2. The number of ether oxygens (including phenoxy) is 1. The highest BCUT2D eigenvalue weighted by molar-refractivity contribution is 5.81. The van der Waals surface area contributed by atoms with Crippen molar-refractivity contribution in [1.82, 2.24) is 4.90 Å². The first-order valence-corrected chi connectivity index (χ1v) is 5.63. The maximum absolute atomic E-state index is 11.4. The van der Waals surface area contributed by atoms with E-state index in [-0.39, 0.29) is 6.04 Å². The molecule has 80 valence electrons. The molecular formula is C11H19NO2. The Bertz CT molecular complexity index is 211. The van der Waals surface area contributed by atoms with E-state index in [0.717, 1.165) is 39.0 Å². The average molecular weight is 197 g/mol. The average Bonchev–Trinajstić information content (AvgIpc) is 2.67. The van der Waals surface area contributed by atoms with Crippen molar-refractivity contribution >= 4 is 5.78 Å². The molecule has 0 aromatic carbocycles. The molecule has 3 heteroatoms. The minimum atomic E-state index is 0.207. The molecule has 0 saturated carbocycles. The van der Waals surface area contributed by atoms with Gasteiger partial charge in [-0.2, -0.15) is 0 Å². The van der Waals surface area contributed by atoms with E-state index in [0.29, 0.717) is 11.8 Å². The number of hydrogen-bond acceptors (Lipinski definition) is 3. The molecule has 2 rings (SSSR count). The maximum Gasteiger partial charge on any atom is 0.146 e. The molecule has 0 bridgehead atoms. The van der Waals surface area contributed by atoms with Gasteiger partial charge >= 0.3 is 0 Å². The van der Waals surface area contributed by atoms with Gasteiger partial charge < -0.3 is 4.74 Å². The fourth-order valence-corrected chi connectivity index (χ4v) is 2.68. The number of nitrogens with zero attached hydrogens (tertiary/aromatic N) is 1. The number of hydrogen-bond donors (Lipinski definition) is 0. The Morgan fingerprint density at radius 1 is 1.29 bits per heavy atom. The standard InChI is InChI=1S/C11H19NO2/c1-9(13)11-3-2-6-12(11)10-4-7-14-8-5-10/h10-11H,2-8H2,1H3/t11-/m0/s1. The van der Waals surface area contributed by atoms with E-state index < -0.39 is 0 Å². The summed E-state index contributed by atoms with van der Waals surface area (Å²) in [4.78, 5) is 13.8. The summed E-state index contributed by atoms with van der Waals surface area (Å²) >= 11 is 0. The first kappa shape index (κ1) is 10.1. The second kappa shape index (κ2) is 4.41. The van der Waals surface area contributed by atoms with Gasteiger partial charge in [-0.3, -0.25) is 9.69 Å². The molecule has 0 spiro atoms. The van der Waals surface area contributed by atoms with Crippen LogP contribution in [0.25, 0.3) is 0 Å². The lowest BCUT2D eigenvalue weighted by atomic mass is 10.0. The Hall–Kier alpha value is -0.410. The molecule has 1 atom stereocenters. The van der Waals surface area contributed by atoms with Crippen molar-refractivity contribution < 1.29 is 9.53 Å². The third kappa shape index (κ3) is 1.98. The quantitative estimate of drug-likeness (QED) is 0.666. The fraction of sp³-hybridized carbons (Fsp3) is 0.909. The van der Waals surface area contributed by atoms with Crippen LogP contribution in [0, 0.1) is 0 Å². The van der Waals surface area contributed by atoms with Gasteiger partial charge in [0.25, 0.3) is 0 Å². The number of ketones is 1. The minimum absolute atomic E-state index is 0.207. The molecule has 0 amide bonds. The molecular weight excluding hydrogens is 178 g/mol. The Kier molecular flexibility index (Phi) is 3.19. The molecule has 0 N–H and O–H groups in total. The molecule has 0 aromatic heterocycles. The number of likely N-dealkylation sites (tertiary alicyclic amines) is 1. The third-order valence-electron chi connectivity index (χ3n) is 3.42. The zero-order valence-electron chi connectivity index (χ0n) is 8.87. The van der Waals surface area contributed by atoms with Crippen molar-refractivity contribution in [3.63, 3.8) is 0 Å². The van der Waals surface area contributed by atoms with Crippen LogP contribution in [0.2, 0.25) is 0 Å². The Balaban J connectivity index is 1.97. The summed E-state index contributed by atoms with van der Waals surface area (Å²) < 4.78 is 5.34. The SMILES string of the molecule is CC(=O)[C@@H]1CCCN1C1CCOCC1. The Morgan fingerprint density at radius 2 is 2.00 bits per heavy atom. The summed E-state index contributed by atoms with van der Waals surface area (Å²) in [5.74, 6) is 0.342. The van der Waals surface area contributed by atoms with Crippen molar-refractivity contribution in [1.29, 1.82) is 0 Å². The van der Waals surface area contributed by atoms with E-state index in [9.17, 15) is 4.79 Å². The van der Waals surface area contributed by atoms with E-state index in [1.54, 1.807) is 6.92 Å². The lowest BCUT2D eigenvalue weighted by Gasteiger charge is -2.34. The summed E-state index contributed by atoms with van der Waals surface area (Å²) in [6.45, 7) is 4.56. The van der Waals surface area contributed by atoms with Crippen LogP contribution in [0.5, 0.6) is 0 Å².